The first-order valence-corrected chi connectivity index (χ1v) is 12.8. The summed E-state index contributed by atoms with van der Waals surface area (Å²) in [5.41, 5.74) is 7.55. The molecule has 5 rings (SSSR count). The molecule has 2 aliphatic heterocycles. The number of carbonyl (C=O) groups excluding carboxylic acids is 1. The molecule has 0 bridgehead atoms. The van der Waals surface area contributed by atoms with Crippen LogP contribution < -0.4 is 10.6 Å². The Kier molecular flexibility index (Phi) is 7.21. The van der Waals surface area contributed by atoms with Gasteiger partial charge in [0.1, 0.15) is 18.2 Å². The summed E-state index contributed by atoms with van der Waals surface area (Å²) in [5.74, 6) is 2.06. The number of hydrogen-bond donors (Lipinski definition) is 2. The van der Waals surface area contributed by atoms with Gasteiger partial charge in [0, 0.05) is 68.5 Å². The van der Waals surface area contributed by atoms with Crippen molar-refractivity contribution in [3.63, 3.8) is 0 Å². The molecule has 35 heavy (non-hydrogen) atoms. The van der Waals surface area contributed by atoms with E-state index in [2.05, 4.69) is 32.7 Å². The van der Waals surface area contributed by atoms with E-state index >= 15 is 0 Å². The van der Waals surface area contributed by atoms with Crippen molar-refractivity contribution in [1.82, 2.24) is 24.8 Å². The number of nitrogen functional groups attached to an aromatic ring is 1. The van der Waals surface area contributed by atoms with Crippen LogP contribution in [0.15, 0.2) is 24.4 Å². The average molecular weight is 498 g/mol. The zero-order valence-corrected chi connectivity index (χ0v) is 20.7. The fourth-order valence-corrected chi connectivity index (χ4v) is 5.82. The number of aromatic nitrogens is 3. The van der Waals surface area contributed by atoms with Crippen LogP contribution in [0.25, 0.3) is 21.6 Å². The minimum atomic E-state index is -0.918. The van der Waals surface area contributed by atoms with Crippen molar-refractivity contribution in [2.75, 3.05) is 63.1 Å². The molecule has 2 fully saturated rings. The molecule has 2 aliphatic rings. The molecule has 0 spiro atoms. The Hall–Kier alpha value is -2.70. The third kappa shape index (κ3) is 5.44. The summed E-state index contributed by atoms with van der Waals surface area (Å²) in [5, 5.41) is 9.67. The van der Waals surface area contributed by atoms with Gasteiger partial charge in [0.15, 0.2) is 11.6 Å². The molecule has 0 aliphatic carbocycles. The lowest BCUT2D eigenvalue weighted by Crippen LogP contribution is -2.52. The summed E-state index contributed by atoms with van der Waals surface area (Å²) in [4.78, 5) is 33.0. The van der Waals surface area contributed by atoms with E-state index in [1.807, 2.05) is 6.07 Å². The SMILES string of the molecule is C[C@H]1CN(C[C@H](O)C=O)CCN1Cc1cc2nc(-c3ccc(N)nc3)nc(N3CCOCC3)c2s1. The topological polar surface area (TPSA) is 121 Å². The second-order valence-electron chi connectivity index (χ2n) is 9.15. The van der Waals surface area contributed by atoms with Crippen LogP contribution in [0.3, 0.4) is 0 Å². The van der Waals surface area contributed by atoms with Crippen molar-refractivity contribution in [2.24, 2.45) is 0 Å². The van der Waals surface area contributed by atoms with Crippen LogP contribution in [-0.4, -0.2) is 101 Å². The third-order valence-electron chi connectivity index (χ3n) is 6.57. The maximum absolute atomic E-state index is 10.8. The first-order chi connectivity index (χ1) is 17.0. The van der Waals surface area contributed by atoms with Gasteiger partial charge in [0.25, 0.3) is 0 Å². The predicted octanol–water partition coefficient (Wildman–Crippen LogP) is 1.24. The Morgan fingerprint density at radius 1 is 1.26 bits per heavy atom. The summed E-state index contributed by atoms with van der Waals surface area (Å²) < 4.78 is 6.66. The van der Waals surface area contributed by atoms with Crippen LogP contribution in [0.4, 0.5) is 11.6 Å². The van der Waals surface area contributed by atoms with E-state index in [1.165, 1.54) is 4.88 Å². The van der Waals surface area contributed by atoms with Gasteiger partial charge in [-0.3, -0.25) is 9.80 Å². The van der Waals surface area contributed by atoms with Crippen molar-refractivity contribution in [1.29, 1.82) is 0 Å². The molecule has 3 N–H and O–H groups in total. The molecule has 11 heteroatoms. The maximum atomic E-state index is 10.8. The normalized spacial score (nSPS) is 20.9. The van der Waals surface area contributed by atoms with Gasteiger partial charge in [-0.25, -0.2) is 15.0 Å². The van der Waals surface area contributed by atoms with Gasteiger partial charge in [0.2, 0.25) is 0 Å². The quantitative estimate of drug-likeness (QED) is 0.461. The van der Waals surface area contributed by atoms with Crippen molar-refractivity contribution in [3.8, 4) is 11.4 Å². The molecule has 3 aromatic heterocycles. The molecular formula is C24H31N7O3S. The summed E-state index contributed by atoms with van der Waals surface area (Å²) in [6, 6.07) is 6.16. The summed E-state index contributed by atoms with van der Waals surface area (Å²) in [6.45, 7) is 8.90. The van der Waals surface area contributed by atoms with Crippen LogP contribution >= 0.6 is 11.3 Å². The number of piperazine rings is 1. The molecule has 3 aromatic rings. The number of morpholine rings is 1. The van der Waals surface area contributed by atoms with Crippen LogP contribution in [-0.2, 0) is 16.1 Å². The summed E-state index contributed by atoms with van der Waals surface area (Å²) in [7, 11) is 0. The fraction of sp³-hybridized carbons (Fsp3) is 0.500. The number of carbonyl (C=O) groups is 1. The Morgan fingerprint density at radius 2 is 2.09 bits per heavy atom. The van der Waals surface area contributed by atoms with Gasteiger partial charge in [0.05, 0.1) is 23.4 Å². The zero-order valence-electron chi connectivity index (χ0n) is 19.8. The smallest absolute Gasteiger partial charge is 0.163 e. The molecule has 5 heterocycles. The molecular weight excluding hydrogens is 466 g/mol. The number of nitrogens with two attached hydrogens (primary N) is 1. The minimum Gasteiger partial charge on any atom is -0.384 e. The van der Waals surface area contributed by atoms with Crippen LogP contribution in [0.5, 0.6) is 0 Å². The van der Waals surface area contributed by atoms with Crippen molar-refractivity contribution in [3.05, 3.63) is 29.3 Å². The van der Waals surface area contributed by atoms with Crippen molar-refractivity contribution in [2.45, 2.75) is 25.6 Å². The van der Waals surface area contributed by atoms with Gasteiger partial charge in [-0.15, -0.1) is 11.3 Å². The molecule has 0 saturated carbocycles. The number of fused-ring (bicyclic) bond motifs is 1. The molecule has 0 aromatic carbocycles. The first kappa shape index (κ1) is 24.0. The lowest BCUT2D eigenvalue weighted by atomic mass is 10.1. The van der Waals surface area contributed by atoms with Crippen molar-refractivity contribution < 1.29 is 14.6 Å². The monoisotopic (exact) mass is 497 g/mol. The number of β-amino-alcohol motifs (C(OH)–C–C–N with tert-alkyl or cyclic N) is 1. The van der Waals surface area contributed by atoms with E-state index in [1.54, 1.807) is 23.6 Å². The second-order valence-corrected chi connectivity index (χ2v) is 10.3. The molecule has 0 radical (unpaired) electrons. The first-order valence-electron chi connectivity index (χ1n) is 11.9. The maximum Gasteiger partial charge on any atom is 0.163 e. The van der Waals surface area contributed by atoms with E-state index in [0.29, 0.717) is 43.7 Å². The average Bonchev–Trinajstić information content (AvgIpc) is 3.28. The third-order valence-corrected chi connectivity index (χ3v) is 7.68. The van der Waals surface area contributed by atoms with Gasteiger partial charge >= 0.3 is 0 Å². The standard InChI is InChI=1S/C24H31N7O3S/c1-16-12-29(13-18(33)15-32)4-5-31(16)14-19-10-20-22(35-19)24(30-6-8-34-9-7-30)28-23(27-20)17-2-3-21(25)26-11-17/h2-3,10-11,15-16,18,33H,4-9,12-14H2,1H3,(H2,25,26)/t16-,18-/m0/s1. The zero-order chi connectivity index (χ0) is 24.4. The highest BCUT2D eigenvalue weighted by atomic mass is 32.1. The number of nitrogens with zero attached hydrogens (tertiary/aromatic N) is 6. The lowest BCUT2D eigenvalue weighted by Gasteiger charge is -2.40. The van der Waals surface area contributed by atoms with Gasteiger partial charge < -0.3 is 25.3 Å². The number of anilines is 2. The lowest BCUT2D eigenvalue weighted by molar-refractivity contribution is -0.116. The highest BCUT2D eigenvalue weighted by Crippen LogP contribution is 2.35. The minimum absolute atomic E-state index is 0.314. The second kappa shape index (κ2) is 10.5. The van der Waals surface area contributed by atoms with Crippen LogP contribution in [0.2, 0.25) is 0 Å². The number of aldehydes is 1. The number of ether oxygens (including phenoxy) is 1. The molecule has 2 atom stereocenters. The number of thiophene rings is 1. The number of aliphatic hydroxyl groups excluding tert-OH is 1. The van der Waals surface area contributed by atoms with Gasteiger partial charge in [-0.2, -0.15) is 0 Å². The largest absolute Gasteiger partial charge is 0.384 e. The van der Waals surface area contributed by atoms with Gasteiger partial charge in [-0.05, 0) is 25.1 Å². The van der Waals surface area contributed by atoms with E-state index in [0.717, 1.165) is 60.9 Å². The molecule has 10 nitrogen and oxygen atoms in total. The number of hydrogen-bond acceptors (Lipinski definition) is 11. The molecule has 0 amide bonds. The Labute approximate surface area is 208 Å². The number of pyridine rings is 1. The van der Waals surface area contributed by atoms with Gasteiger partial charge in [-0.1, -0.05) is 0 Å². The van der Waals surface area contributed by atoms with Crippen LogP contribution in [0.1, 0.15) is 11.8 Å². The molecule has 186 valence electrons. The van der Waals surface area contributed by atoms with E-state index < -0.39 is 6.10 Å². The highest BCUT2D eigenvalue weighted by Gasteiger charge is 2.26. The van der Waals surface area contributed by atoms with E-state index in [9.17, 15) is 9.90 Å². The Morgan fingerprint density at radius 3 is 2.80 bits per heavy atom. The fourth-order valence-electron chi connectivity index (χ4n) is 4.68. The highest BCUT2D eigenvalue weighted by molar-refractivity contribution is 7.19. The molecule has 0 unspecified atom stereocenters. The molecule has 2 saturated heterocycles. The predicted molar refractivity (Wildman–Crippen MR) is 136 cm³/mol. The van der Waals surface area contributed by atoms with Crippen LogP contribution in [0, 0.1) is 0 Å². The summed E-state index contributed by atoms with van der Waals surface area (Å²) in [6.07, 6.45) is 1.41. The van der Waals surface area contributed by atoms with Crippen molar-refractivity contribution >= 4 is 39.5 Å². The summed E-state index contributed by atoms with van der Waals surface area (Å²) >= 11 is 1.75. The Bertz CT molecular complexity index is 1170. The van der Waals surface area contributed by atoms with E-state index in [4.69, 9.17) is 20.4 Å². The Balaban J connectivity index is 1.41. The number of aliphatic hydroxyl groups is 1. The number of rotatable bonds is 7. The van der Waals surface area contributed by atoms with E-state index in [-0.39, 0.29) is 0 Å².